The maximum atomic E-state index is 12.2. The van der Waals surface area contributed by atoms with Crippen LogP contribution in [0.1, 0.15) is 18.9 Å². The van der Waals surface area contributed by atoms with Gasteiger partial charge in [0.15, 0.2) is 0 Å². The van der Waals surface area contributed by atoms with Crippen LogP contribution in [0.4, 0.5) is 13.2 Å². The van der Waals surface area contributed by atoms with Crippen molar-refractivity contribution in [1.29, 1.82) is 0 Å². The van der Waals surface area contributed by atoms with Crippen molar-refractivity contribution in [3.8, 4) is 0 Å². The summed E-state index contributed by atoms with van der Waals surface area (Å²) < 4.78 is 62.5. The molecule has 0 radical (unpaired) electrons. The predicted octanol–water partition coefficient (Wildman–Crippen LogP) is 2.23. The van der Waals surface area contributed by atoms with Crippen molar-refractivity contribution in [2.24, 2.45) is 5.73 Å². The predicted molar refractivity (Wildman–Crippen MR) is 76.9 cm³/mol. The molecule has 0 fully saturated rings. The zero-order valence-electron chi connectivity index (χ0n) is 11.4. The second-order valence-electron chi connectivity index (χ2n) is 4.60. The molecule has 3 N–H and O–H groups in total. The van der Waals surface area contributed by atoms with Crippen LogP contribution < -0.4 is 10.5 Å². The van der Waals surface area contributed by atoms with Crippen LogP contribution in [-0.2, 0) is 16.4 Å². The topological polar surface area (TPSA) is 72.2 Å². The zero-order chi connectivity index (χ0) is 15.4. The molecular weight excluding hydrogens is 329 g/mol. The minimum Gasteiger partial charge on any atom is -0.328 e. The number of sulfonamides is 1. The quantitative estimate of drug-likeness (QED) is 0.829. The molecule has 0 saturated carbocycles. The van der Waals surface area contributed by atoms with Crippen LogP contribution >= 0.6 is 12.4 Å². The summed E-state index contributed by atoms with van der Waals surface area (Å²) >= 11 is 0. The molecule has 0 bridgehead atoms. The third-order valence-electron chi connectivity index (χ3n) is 2.53. The number of hydrogen-bond acceptors (Lipinski definition) is 3. The first-order valence-corrected chi connectivity index (χ1v) is 7.49. The van der Waals surface area contributed by atoms with E-state index in [1.165, 1.54) is 0 Å². The van der Waals surface area contributed by atoms with Crippen LogP contribution in [0, 0.1) is 0 Å². The summed E-state index contributed by atoms with van der Waals surface area (Å²) in [6, 6.07) is 4.51. The average Bonchev–Trinajstić information content (AvgIpc) is 2.26. The summed E-state index contributed by atoms with van der Waals surface area (Å²) in [6.07, 6.45) is -4.91. The molecule has 21 heavy (non-hydrogen) atoms. The molecule has 1 aromatic carbocycles. The van der Waals surface area contributed by atoms with Gasteiger partial charge in [0.2, 0.25) is 10.0 Å². The Kier molecular flexibility index (Phi) is 7.66. The molecule has 1 unspecified atom stereocenters. The maximum absolute atomic E-state index is 12.2. The first kappa shape index (κ1) is 20.2. The van der Waals surface area contributed by atoms with Crippen molar-refractivity contribution in [2.75, 3.05) is 6.54 Å². The summed E-state index contributed by atoms with van der Waals surface area (Å²) in [5.74, 6) is 0. The van der Waals surface area contributed by atoms with Gasteiger partial charge in [-0.05, 0) is 31.0 Å². The lowest BCUT2D eigenvalue weighted by Crippen LogP contribution is -2.29. The molecule has 0 heterocycles. The Balaban J connectivity index is 0.00000400. The van der Waals surface area contributed by atoms with E-state index in [1.807, 2.05) is 0 Å². The van der Waals surface area contributed by atoms with E-state index in [-0.39, 0.29) is 35.5 Å². The number of benzene rings is 1. The van der Waals surface area contributed by atoms with Crippen LogP contribution in [0.2, 0.25) is 0 Å². The van der Waals surface area contributed by atoms with E-state index in [0.29, 0.717) is 6.42 Å². The standard InChI is InChI=1S/C12H17F3N2O2S.ClH/c1-9(16)6-7-17-20(18,19)11-4-2-10(3-5-11)8-12(13,14)15;/h2-5,9,17H,6-8,16H2,1H3;1H. The molecule has 4 nitrogen and oxygen atoms in total. The van der Waals surface area contributed by atoms with Gasteiger partial charge in [-0.2, -0.15) is 13.2 Å². The van der Waals surface area contributed by atoms with E-state index in [1.54, 1.807) is 6.92 Å². The highest BCUT2D eigenvalue weighted by Crippen LogP contribution is 2.22. The largest absolute Gasteiger partial charge is 0.393 e. The van der Waals surface area contributed by atoms with Gasteiger partial charge in [-0.15, -0.1) is 12.4 Å². The van der Waals surface area contributed by atoms with E-state index in [0.717, 1.165) is 24.3 Å². The van der Waals surface area contributed by atoms with E-state index >= 15 is 0 Å². The van der Waals surface area contributed by atoms with E-state index in [2.05, 4.69) is 4.72 Å². The van der Waals surface area contributed by atoms with Gasteiger partial charge in [0, 0.05) is 12.6 Å². The Labute approximate surface area is 128 Å². The van der Waals surface area contributed by atoms with Gasteiger partial charge in [0.25, 0.3) is 0 Å². The molecule has 1 aromatic rings. The highest BCUT2D eigenvalue weighted by atomic mass is 35.5. The molecule has 0 aliphatic carbocycles. The highest BCUT2D eigenvalue weighted by Gasteiger charge is 2.27. The summed E-state index contributed by atoms with van der Waals surface area (Å²) in [7, 11) is -3.70. The lowest BCUT2D eigenvalue weighted by Gasteiger charge is -2.10. The number of alkyl halides is 3. The Morgan fingerprint density at radius 3 is 2.19 bits per heavy atom. The third kappa shape index (κ3) is 7.66. The Bertz CT molecular complexity index is 530. The molecule has 0 aliphatic rings. The Morgan fingerprint density at radius 1 is 1.24 bits per heavy atom. The molecule has 1 atom stereocenters. The SMILES string of the molecule is CC(N)CCNS(=O)(=O)c1ccc(CC(F)(F)F)cc1.Cl. The monoisotopic (exact) mass is 346 g/mol. The lowest BCUT2D eigenvalue weighted by molar-refractivity contribution is -0.127. The maximum Gasteiger partial charge on any atom is 0.393 e. The molecule has 9 heteroatoms. The van der Waals surface area contributed by atoms with E-state index in [9.17, 15) is 21.6 Å². The Hall–Kier alpha value is -0.830. The fraction of sp³-hybridized carbons (Fsp3) is 0.500. The van der Waals surface area contributed by atoms with E-state index < -0.39 is 22.6 Å². The fourth-order valence-electron chi connectivity index (χ4n) is 1.52. The first-order chi connectivity index (χ1) is 9.10. The number of halogens is 4. The van der Waals surface area contributed by atoms with Gasteiger partial charge < -0.3 is 5.73 Å². The molecule has 0 aromatic heterocycles. The van der Waals surface area contributed by atoms with Crippen molar-refractivity contribution < 1.29 is 21.6 Å². The molecule has 0 amide bonds. The average molecular weight is 347 g/mol. The van der Waals surface area contributed by atoms with Crippen LogP contribution in [0.3, 0.4) is 0 Å². The minimum atomic E-state index is -4.31. The summed E-state index contributed by atoms with van der Waals surface area (Å²) in [5, 5.41) is 0. The molecule has 122 valence electrons. The third-order valence-corrected chi connectivity index (χ3v) is 4.01. The summed E-state index contributed by atoms with van der Waals surface area (Å²) in [5.41, 5.74) is 5.52. The normalized spacial score (nSPS) is 13.6. The van der Waals surface area contributed by atoms with Gasteiger partial charge in [-0.1, -0.05) is 12.1 Å². The molecule has 0 spiro atoms. The fourth-order valence-corrected chi connectivity index (χ4v) is 2.57. The van der Waals surface area contributed by atoms with Crippen LogP contribution in [0.25, 0.3) is 0 Å². The molecule has 0 saturated heterocycles. The van der Waals surface area contributed by atoms with Crippen LogP contribution in [0.15, 0.2) is 29.2 Å². The number of nitrogens with two attached hydrogens (primary N) is 1. The second kappa shape index (κ2) is 7.98. The van der Waals surface area contributed by atoms with Crippen molar-refractivity contribution in [2.45, 2.75) is 36.9 Å². The smallest absolute Gasteiger partial charge is 0.328 e. The van der Waals surface area contributed by atoms with Gasteiger partial charge in [-0.25, -0.2) is 13.1 Å². The van der Waals surface area contributed by atoms with Gasteiger partial charge in [-0.3, -0.25) is 0 Å². The number of hydrogen-bond donors (Lipinski definition) is 2. The summed E-state index contributed by atoms with van der Waals surface area (Å²) in [4.78, 5) is -0.0619. The van der Waals surface area contributed by atoms with Crippen LogP contribution in [0.5, 0.6) is 0 Å². The minimum absolute atomic E-state index is 0. The number of rotatable bonds is 6. The number of nitrogens with one attached hydrogen (secondary N) is 1. The Morgan fingerprint density at radius 2 is 1.76 bits per heavy atom. The van der Waals surface area contributed by atoms with Gasteiger partial charge >= 0.3 is 6.18 Å². The van der Waals surface area contributed by atoms with Crippen molar-refractivity contribution in [3.63, 3.8) is 0 Å². The molecule has 0 aliphatic heterocycles. The van der Waals surface area contributed by atoms with Crippen molar-refractivity contribution >= 4 is 22.4 Å². The molecular formula is C12H18ClF3N2O2S. The first-order valence-electron chi connectivity index (χ1n) is 6.01. The van der Waals surface area contributed by atoms with E-state index in [4.69, 9.17) is 5.73 Å². The molecule has 1 rings (SSSR count). The highest BCUT2D eigenvalue weighted by molar-refractivity contribution is 7.89. The summed E-state index contributed by atoms with van der Waals surface area (Å²) in [6.45, 7) is 1.94. The second-order valence-corrected chi connectivity index (χ2v) is 6.37. The van der Waals surface area contributed by atoms with Gasteiger partial charge in [0.05, 0.1) is 11.3 Å². The lowest BCUT2D eigenvalue weighted by atomic mass is 10.1. The van der Waals surface area contributed by atoms with Crippen LogP contribution in [-0.4, -0.2) is 27.2 Å². The zero-order valence-corrected chi connectivity index (χ0v) is 13.0. The van der Waals surface area contributed by atoms with Crippen molar-refractivity contribution in [1.82, 2.24) is 4.72 Å². The van der Waals surface area contributed by atoms with Crippen molar-refractivity contribution in [3.05, 3.63) is 29.8 Å². The van der Waals surface area contributed by atoms with Gasteiger partial charge in [0.1, 0.15) is 0 Å².